The highest BCUT2D eigenvalue weighted by Crippen LogP contribution is 2.23. The lowest BCUT2D eigenvalue weighted by Crippen LogP contribution is -2.14. The highest BCUT2D eigenvalue weighted by Gasteiger charge is 2.22. The average Bonchev–Trinajstić information content (AvgIpc) is 1.95. The van der Waals surface area contributed by atoms with Crippen LogP contribution in [-0.2, 0) is 0 Å². The van der Waals surface area contributed by atoms with Gasteiger partial charge in [0.25, 0.3) is 0 Å². The molecular formula is C6H4I2N2. The fraction of sp³-hybridized carbons (Fsp3) is 0.167. The van der Waals surface area contributed by atoms with Gasteiger partial charge in [-0.05, 0) is 22.6 Å². The van der Waals surface area contributed by atoms with Crippen LogP contribution in [0.2, 0.25) is 0 Å². The Balaban J connectivity index is 3.00. The molecule has 0 amide bonds. The van der Waals surface area contributed by atoms with Crippen LogP contribution >= 0.6 is 45.2 Å². The van der Waals surface area contributed by atoms with Crippen LogP contribution in [0.4, 0.5) is 0 Å². The minimum atomic E-state index is 0.216. The van der Waals surface area contributed by atoms with Crippen molar-refractivity contribution >= 4 is 50.9 Å². The lowest BCUT2D eigenvalue weighted by molar-refractivity contribution is -0.00465. The molecule has 0 aliphatic heterocycles. The van der Waals surface area contributed by atoms with Crippen molar-refractivity contribution in [1.29, 1.82) is 0 Å². The topological polar surface area (TPSA) is 36.4 Å². The van der Waals surface area contributed by atoms with Gasteiger partial charge < -0.3 is 5.53 Å². The molecule has 10 heavy (non-hydrogen) atoms. The summed E-state index contributed by atoms with van der Waals surface area (Å²) in [6.07, 6.45) is 5.69. The van der Waals surface area contributed by atoms with Gasteiger partial charge in [-0.1, -0.05) is 34.7 Å². The summed E-state index contributed by atoms with van der Waals surface area (Å²) in [5, 5.41) is 0. The summed E-state index contributed by atoms with van der Waals surface area (Å²) in [6, 6.07) is 0. The van der Waals surface area contributed by atoms with Crippen LogP contribution in [0, 0.1) is 0 Å². The predicted octanol–water partition coefficient (Wildman–Crippen LogP) is 2.35. The van der Waals surface area contributed by atoms with E-state index in [1.54, 1.807) is 6.08 Å². The molecule has 0 radical (unpaired) electrons. The Labute approximate surface area is 86.3 Å². The lowest BCUT2D eigenvalue weighted by Gasteiger charge is -2.03. The second-order valence-electron chi connectivity index (χ2n) is 1.80. The normalized spacial score (nSPS) is 24.0. The summed E-state index contributed by atoms with van der Waals surface area (Å²) in [6.45, 7) is 0. The van der Waals surface area contributed by atoms with Crippen molar-refractivity contribution < 1.29 is 4.79 Å². The summed E-state index contributed by atoms with van der Waals surface area (Å²) in [7, 11) is 0. The number of nitrogens with zero attached hydrogens (tertiary/aromatic N) is 2. The minimum absolute atomic E-state index is 0.216. The van der Waals surface area contributed by atoms with E-state index in [9.17, 15) is 0 Å². The molecule has 0 saturated heterocycles. The molecule has 1 aliphatic carbocycles. The van der Waals surface area contributed by atoms with E-state index in [1.807, 2.05) is 12.2 Å². The van der Waals surface area contributed by atoms with Crippen LogP contribution in [-0.4, -0.2) is 14.4 Å². The molecule has 4 heteroatoms. The van der Waals surface area contributed by atoms with Gasteiger partial charge in [0, 0.05) is 9.66 Å². The Bertz CT molecular complexity index is 248. The molecule has 0 aromatic heterocycles. The Morgan fingerprint density at radius 2 is 2.30 bits per heavy atom. The van der Waals surface area contributed by atoms with Gasteiger partial charge in [0.2, 0.25) is 0 Å². The van der Waals surface area contributed by atoms with E-state index in [0.717, 1.165) is 0 Å². The predicted molar refractivity (Wildman–Crippen MR) is 57.7 cm³/mol. The maximum absolute atomic E-state index is 8.48. The molecule has 0 N–H and O–H groups in total. The van der Waals surface area contributed by atoms with E-state index >= 15 is 0 Å². The third-order valence-electron chi connectivity index (χ3n) is 1.14. The average molecular weight is 358 g/mol. The van der Waals surface area contributed by atoms with Crippen LogP contribution in [0.1, 0.15) is 0 Å². The number of allylic oxidation sites excluding steroid dienone is 4. The SMILES string of the molecule is [N-]=[N+]=C1C=CC=C(I)C1I. The molecule has 52 valence electrons. The van der Waals surface area contributed by atoms with E-state index in [0.29, 0.717) is 5.71 Å². The number of hydrogen-bond donors (Lipinski definition) is 0. The van der Waals surface area contributed by atoms with Crippen molar-refractivity contribution in [1.82, 2.24) is 0 Å². The Morgan fingerprint density at radius 3 is 2.80 bits per heavy atom. The molecule has 0 saturated carbocycles. The number of alkyl halides is 1. The van der Waals surface area contributed by atoms with Gasteiger partial charge in [-0.15, -0.1) is 0 Å². The third-order valence-corrected chi connectivity index (χ3v) is 4.62. The van der Waals surface area contributed by atoms with Crippen LogP contribution < -0.4 is 0 Å². The molecule has 0 aromatic rings. The minimum Gasteiger partial charge on any atom is -0.361 e. The summed E-state index contributed by atoms with van der Waals surface area (Å²) in [5.41, 5.74) is 9.20. The van der Waals surface area contributed by atoms with Gasteiger partial charge in [-0.25, -0.2) is 0 Å². The summed E-state index contributed by atoms with van der Waals surface area (Å²) >= 11 is 4.46. The molecule has 1 atom stereocenters. The molecule has 1 unspecified atom stereocenters. The van der Waals surface area contributed by atoms with Gasteiger partial charge in [0.1, 0.15) is 3.92 Å². The van der Waals surface area contributed by atoms with E-state index in [-0.39, 0.29) is 3.92 Å². The Hall–Kier alpha value is 0.320. The van der Waals surface area contributed by atoms with Crippen LogP contribution in [0.5, 0.6) is 0 Å². The van der Waals surface area contributed by atoms with Gasteiger partial charge in [-0.2, -0.15) is 4.79 Å². The first-order chi connectivity index (χ1) is 4.75. The van der Waals surface area contributed by atoms with Gasteiger partial charge in [0.15, 0.2) is 0 Å². The van der Waals surface area contributed by atoms with E-state index < -0.39 is 0 Å². The number of hydrogen-bond acceptors (Lipinski definition) is 0. The first-order valence-corrected chi connectivity index (χ1v) is 4.98. The number of halogens is 2. The van der Waals surface area contributed by atoms with Crippen LogP contribution in [0.25, 0.3) is 5.53 Å². The molecule has 1 aliphatic rings. The summed E-state index contributed by atoms with van der Waals surface area (Å²) in [5.74, 6) is 0. The molecule has 0 aromatic carbocycles. The second kappa shape index (κ2) is 3.64. The van der Waals surface area contributed by atoms with Crippen molar-refractivity contribution in [2.24, 2.45) is 0 Å². The highest BCUT2D eigenvalue weighted by molar-refractivity contribution is 14.1. The standard InChI is InChI=1S/C6H4I2N2/c7-4-2-1-3-5(10-9)6(4)8/h1-3,6H. The van der Waals surface area contributed by atoms with E-state index in [4.69, 9.17) is 5.53 Å². The Kier molecular flexibility index (Phi) is 3.06. The van der Waals surface area contributed by atoms with Crippen LogP contribution in [0.15, 0.2) is 21.8 Å². The van der Waals surface area contributed by atoms with Crippen LogP contribution in [0.3, 0.4) is 0 Å². The molecule has 0 bridgehead atoms. The van der Waals surface area contributed by atoms with Gasteiger partial charge >= 0.3 is 5.71 Å². The van der Waals surface area contributed by atoms with E-state index in [1.165, 1.54) is 3.58 Å². The summed E-state index contributed by atoms with van der Waals surface area (Å²) in [4.78, 5) is 3.16. The smallest absolute Gasteiger partial charge is 0.309 e. The van der Waals surface area contributed by atoms with Gasteiger partial charge in [-0.3, -0.25) is 0 Å². The zero-order chi connectivity index (χ0) is 7.56. The molecule has 1 rings (SSSR count). The fourth-order valence-electron chi connectivity index (χ4n) is 0.633. The molecule has 0 fully saturated rings. The second-order valence-corrected chi connectivity index (χ2v) is 4.29. The first-order valence-electron chi connectivity index (χ1n) is 2.65. The maximum Gasteiger partial charge on any atom is 0.309 e. The maximum atomic E-state index is 8.48. The van der Waals surface area contributed by atoms with Crippen molar-refractivity contribution in [2.75, 3.05) is 0 Å². The van der Waals surface area contributed by atoms with Crippen molar-refractivity contribution in [2.45, 2.75) is 3.92 Å². The van der Waals surface area contributed by atoms with Gasteiger partial charge in [0.05, 0.1) is 0 Å². The zero-order valence-electron chi connectivity index (χ0n) is 4.96. The molecule has 0 heterocycles. The lowest BCUT2D eigenvalue weighted by atomic mass is 10.2. The molecular weight excluding hydrogens is 354 g/mol. The molecule has 0 spiro atoms. The zero-order valence-corrected chi connectivity index (χ0v) is 9.27. The monoisotopic (exact) mass is 358 g/mol. The van der Waals surface area contributed by atoms with Crippen molar-refractivity contribution in [3.05, 3.63) is 27.3 Å². The Morgan fingerprint density at radius 1 is 1.60 bits per heavy atom. The summed E-state index contributed by atoms with van der Waals surface area (Å²) < 4.78 is 1.40. The molecule has 2 nitrogen and oxygen atoms in total. The largest absolute Gasteiger partial charge is 0.361 e. The highest BCUT2D eigenvalue weighted by atomic mass is 127. The van der Waals surface area contributed by atoms with Crippen molar-refractivity contribution in [3.63, 3.8) is 0 Å². The third kappa shape index (κ3) is 1.67. The van der Waals surface area contributed by atoms with Crippen molar-refractivity contribution in [3.8, 4) is 0 Å². The van der Waals surface area contributed by atoms with E-state index in [2.05, 4.69) is 50.0 Å². The quantitative estimate of drug-likeness (QED) is 0.276. The number of rotatable bonds is 0. The fourth-order valence-corrected chi connectivity index (χ4v) is 1.70. The first kappa shape index (κ1) is 8.42.